The Hall–Kier alpha value is -4.12. The van der Waals surface area contributed by atoms with Crippen LogP contribution in [0, 0.1) is 11.6 Å². The maximum atomic E-state index is 13.2. The molecule has 0 bridgehead atoms. The number of anilines is 3. The normalized spacial score (nSPS) is 10.6. The highest BCUT2D eigenvalue weighted by atomic mass is 32.1. The van der Waals surface area contributed by atoms with E-state index in [1.54, 1.807) is 23.5 Å². The molecule has 2 heterocycles. The van der Waals surface area contributed by atoms with Gasteiger partial charge in [-0.1, -0.05) is 18.3 Å². The minimum absolute atomic E-state index is 0.0221. The van der Waals surface area contributed by atoms with Crippen LogP contribution in [0.2, 0.25) is 0 Å². The number of nitrogens with one attached hydrogen (secondary N) is 3. The Morgan fingerprint density at radius 3 is 2.29 bits per heavy atom. The molecular weight excluding hydrogens is 462 g/mol. The monoisotopic (exact) mass is 482 g/mol. The molecule has 2 aromatic carbocycles. The van der Waals surface area contributed by atoms with Gasteiger partial charge in [0.1, 0.15) is 17.4 Å². The van der Waals surface area contributed by atoms with Crippen LogP contribution in [-0.2, 0) is 0 Å². The average molecular weight is 483 g/mol. The van der Waals surface area contributed by atoms with Crippen molar-refractivity contribution in [2.24, 2.45) is 0 Å². The fraction of sp³-hybridized carbons (Fsp3) is 0.130. The third kappa shape index (κ3) is 6.23. The van der Waals surface area contributed by atoms with E-state index in [-0.39, 0.29) is 17.4 Å². The zero-order chi connectivity index (χ0) is 23.9. The summed E-state index contributed by atoms with van der Waals surface area (Å²) >= 11 is 1.58. The van der Waals surface area contributed by atoms with Crippen molar-refractivity contribution in [2.75, 3.05) is 22.5 Å². The highest BCUT2D eigenvalue weighted by Crippen LogP contribution is 2.30. The molecule has 0 saturated carbocycles. The standard InChI is InChI=1S/C23H20F2N6O2S/c1-2-7-26-23-29-13-20(34-23)14-3-5-19(6-4-14)33-22-27-11-18(12-28-22)31-21(32)30-17-9-15(24)8-16(25)10-17/h3-6,8-13H,2,7H2,1H3,(H,26,29)(H2,30,31,32). The Morgan fingerprint density at radius 1 is 0.941 bits per heavy atom. The molecule has 34 heavy (non-hydrogen) atoms. The number of carbonyl (C=O) groups is 1. The number of halogens is 2. The number of aromatic nitrogens is 3. The van der Waals surface area contributed by atoms with Gasteiger partial charge < -0.3 is 20.7 Å². The summed E-state index contributed by atoms with van der Waals surface area (Å²) in [4.78, 5) is 25.6. The average Bonchev–Trinajstić information content (AvgIpc) is 3.28. The van der Waals surface area contributed by atoms with E-state index in [0.29, 0.717) is 11.8 Å². The van der Waals surface area contributed by atoms with E-state index in [2.05, 4.69) is 37.8 Å². The molecule has 0 aliphatic rings. The topological polar surface area (TPSA) is 101 Å². The number of ether oxygens (including phenoxy) is 1. The molecule has 3 N–H and O–H groups in total. The first-order valence-corrected chi connectivity index (χ1v) is 11.1. The first-order valence-electron chi connectivity index (χ1n) is 10.3. The number of rotatable bonds is 8. The van der Waals surface area contributed by atoms with Crippen molar-refractivity contribution in [1.29, 1.82) is 0 Å². The Bertz CT molecular complexity index is 1250. The van der Waals surface area contributed by atoms with Gasteiger partial charge in [0.15, 0.2) is 5.13 Å². The fourth-order valence-electron chi connectivity index (χ4n) is 2.87. The Labute approximate surface area is 198 Å². The molecule has 0 saturated heterocycles. The second-order valence-corrected chi connectivity index (χ2v) is 8.11. The maximum Gasteiger partial charge on any atom is 0.323 e. The van der Waals surface area contributed by atoms with Crippen molar-refractivity contribution in [1.82, 2.24) is 15.0 Å². The summed E-state index contributed by atoms with van der Waals surface area (Å²) in [6.45, 7) is 2.98. The highest BCUT2D eigenvalue weighted by molar-refractivity contribution is 7.18. The van der Waals surface area contributed by atoms with Gasteiger partial charge in [0, 0.05) is 24.5 Å². The number of benzene rings is 2. The van der Waals surface area contributed by atoms with Crippen LogP contribution < -0.4 is 20.7 Å². The predicted molar refractivity (Wildman–Crippen MR) is 127 cm³/mol. The lowest BCUT2D eigenvalue weighted by Crippen LogP contribution is -2.19. The molecule has 2 amide bonds. The van der Waals surface area contributed by atoms with E-state index in [4.69, 9.17) is 4.74 Å². The Balaban J connectivity index is 1.32. The summed E-state index contributed by atoms with van der Waals surface area (Å²) in [5.74, 6) is -1.05. The van der Waals surface area contributed by atoms with Crippen LogP contribution in [0.15, 0.2) is 61.1 Å². The van der Waals surface area contributed by atoms with Crippen molar-refractivity contribution < 1.29 is 18.3 Å². The van der Waals surface area contributed by atoms with E-state index < -0.39 is 17.7 Å². The van der Waals surface area contributed by atoms with Crippen LogP contribution in [0.25, 0.3) is 10.4 Å². The molecular formula is C23H20F2N6O2S. The maximum absolute atomic E-state index is 13.2. The quantitative estimate of drug-likeness (QED) is 0.279. The molecule has 4 rings (SSSR count). The molecule has 11 heteroatoms. The van der Waals surface area contributed by atoms with Crippen molar-refractivity contribution in [2.45, 2.75) is 13.3 Å². The Morgan fingerprint density at radius 2 is 1.62 bits per heavy atom. The number of hydrogen-bond donors (Lipinski definition) is 3. The van der Waals surface area contributed by atoms with E-state index in [1.165, 1.54) is 12.4 Å². The zero-order valence-electron chi connectivity index (χ0n) is 18.0. The van der Waals surface area contributed by atoms with E-state index in [0.717, 1.165) is 40.7 Å². The van der Waals surface area contributed by atoms with Crippen LogP contribution in [0.3, 0.4) is 0 Å². The molecule has 174 valence electrons. The van der Waals surface area contributed by atoms with Gasteiger partial charge in [-0.3, -0.25) is 0 Å². The summed E-state index contributed by atoms with van der Waals surface area (Å²) in [5.41, 5.74) is 1.26. The number of carbonyl (C=O) groups excluding carboxylic acids is 1. The van der Waals surface area contributed by atoms with Crippen molar-refractivity contribution in [3.63, 3.8) is 0 Å². The van der Waals surface area contributed by atoms with Gasteiger partial charge in [-0.05, 0) is 48.4 Å². The van der Waals surface area contributed by atoms with Crippen LogP contribution >= 0.6 is 11.3 Å². The first kappa shape index (κ1) is 23.1. The number of amides is 2. The number of urea groups is 1. The molecule has 0 fully saturated rings. The molecule has 0 spiro atoms. The van der Waals surface area contributed by atoms with Crippen LogP contribution in [0.1, 0.15) is 13.3 Å². The van der Waals surface area contributed by atoms with Gasteiger partial charge >= 0.3 is 12.0 Å². The van der Waals surface area contributed by atoms with Gasteiger partial charge in [0.25, 0.3) is 0 Å². The summed E-state index contributed by atoms with van der Waals surface area (Å²) < 4.78 is 32.1. The third-order valence-corrected chi connectivity index (χ3v) is 5.39. The predicted octanol–water partition coefficient (Wildman–Crippen LogP) is 6.14. The first-order chi connectivity index (χ1) is 16.5. The van der Waals surface area contributed by atoms with Gasteiger partial charge in [-0.2, -0.15) is 0 Å². The minimum Gasteiger partial charge on any atom is -0.424 e. The van der Waals surface area contributed by atoms with Crippen LogP contribution in [0.4, 0.5) is 30.1 Å². The molecule has 2 aromatic heterocycles. The molecule has 0 aliphatic carbocycles. The third-order valence-electron chi connectivity index (χ3n) is 4.39. The minimum atomic E-state index is -0.797. The summed E-state index contributed by atoms with van der Waals surface area (Å²) in [5, 5.41) is 8.96. The number of thiazole rings is 1. The van der Waals surface area contributed by atoms with E-state index >= 15 is 0 Å². The summed E-state index contributed by atoms with van der Waals surface area (Å²) in [6.07, 6.45) is 5.56. The van der Waals surface area contributed by atoms with Crippen molar-refractivity contribution >= 4 is 33.9 Å². The largest absolute Gasteiger partial charge is 0.424 e. The second-order valence-electron chi connectivity index (χ2n) is 7.07. The van der Waals surface area contributed by atoms with Crippen LogP contribution in [0.5, 0.6) is 11.8 Å². The van der Waals surface area contributed by atoms with Gasteiger partial charge in [0.2, 0.25) is 0 Å². The second kappa shape index (κ2) is 10.7. The van der Waals surface area contributed by atoms with Gasteiger partial charge in [-0.25, -0.2) is 28.5 Å². The molecule has 8 nitrogen and oxygen atoms in total. The van der Waals surface area contributed by atoms with E-state index in [9.17, 15) is 13.6 Å². The van der Waals surface area contributed by atoms with Gasteiger partial charge in [0.05, 0.1) is 23.0 Å². The fourth-order valence-corrected chi connectivity index (χ4v) is 3.71. The molecule has 0 unspecified atom stereocenters. The lowest BCUT2D eigenvalue weighted by Gasteiger charge is -2.08. The Kier molecular flexibility index (Phi) is 7.23. The smallest absolute Gasteiger partial charge is 0.323 e. The molecule has 0 radical (unpaired) electrons. The van der Waals surface area contributed by atoms with Crippen molar-refractivity contribution in [3.8, 4) is 22.2 Å². The molecule has 4 aromatic rings. The molecule has 0 aliphatic heterocycles. The summed E-state index contributed by atoms with van der Waals surface area (Å²) in [6, 6.07) is 9.54. The number of nitrogens with zero attached hydrogens (tertiary/aromatic N) is 3. The number of hydrogen-bond acceptors (Lipinski definition) is 7. The summed E-state index contributed by atoms with van der Waals surface area (Å²) in [7, 11) is 0. The highest BCUT2D eigenvalue weighted by Gasteiger charge is 2.08. The SMILES string of the molecule is CCCNc1ncc(-c2ccc(Oc3ncc(NC(=O)Nc4cc(F)cc(F)c4)cn3)cc2)s1. The van der Waals surface area contributed by atoms with Crippen molar-refractivity contribution in [3.05, 3.63) is 72.7 Å². The molecule has 0 atom stereocenters. The van der Waals surface area contributed by atoms with Crippen LogP contribution in [-0.4, -0.2) is 27.5 Å². The van der Waals surface area contributed by atoms with Gasteiger partial charge in [-0.15, -0.1) is 0 Å². The zero-order valence-corrected chi connectivity index (χ0v) is 18.8. The lowest BCUT2D eigenvalue weighted by molar-refractivity contribution is 0.262. The lowest BCUT2D eigenvalue weighted by atomic mass is 10.2. The van der Waals surface area contributed by atoms with E-state index in [1.807, 2.05) is 18.3 Å².